The molecule has 266 valence electrons. The molecular weight excluding hydrogens is 626 g/mol. The van der Waals surface area contributed by atoms with Crippen LogP contribution in [0.25, 0.3) is 0 Å². The zero-order valence-electron chi connectivity index (χ0n) is 28.1. The smallest absolute Gasteiger partial charge is 0.305 e. The van der Waals surface area contributed by atoms with Crippen molar-refractivity contribution >= 4 is 41.2 Å². The lowest BCUT2D eigenvalue weighted by Gasteiger charge is -2.24. The van der Waals surface area contributed by atoms with E-state index in [1.165, 1.54) is 17.1 Å². The molecule has 1 aromatic carbocycles. The van der Waals surface area contributed by atoms with Crippen molar-refractivity contribution in [1.29, 1.82) is 0 Å². The highest BCUT2D eigenvalue weighted by atomic mass is 16.5. The number of hydrogen-bond acceptors (Lipinski definition) is 10. The van der Waals surface area contributed by atoms with Crippen molar-refractivity contribution < 1.29 is 48.1 Å². The fourth-order valence-electron chi connectivity index (χ4n) is 4.34. The van der Waals surface area contributed by atoms with E-state index in [-0.39, 0.29) is 88.5 Å². The Morgan fingerprint density at radius 2 is 1.58 bits per heavy atom. The van der Waals surface area contributed by atoms with Gasteiger partial charge in [-0.1, -0.05) is 32.9 Å². The van der Waals surface area contributed by atoms with Gasteiger partial charge in [-0.25, -0.2) is 0 Å². The van der Waals surface area contributed by atoms with Gasteiger partial charge in [-0.05, 0) is 43.0 Å². The van der Waals surface area contributed by atoms with Gasteiger partial charge >= 0.3 is 5.97 Å². The molecule has 0 aliphatic carbocycles. The molecule has 1 aliphatic heterocycles. The van der Waals surface area contributed by atoms with Gasteiger partial charge in [0.1, 0.15) is 24.9 Å². The van der Waals surface area contributed by atoms with E-state index in [4.69, 9.17) is 14.2 Å². The Kier molecular flexibility index (Phi) is 17.9. The predicted octanol–water partition coefficient (Wildman–Crippen LogP) is 0.760. The molecule has 1 unspecified atom stereocenters. The topological polar surface area (TPSA) is 202 Å². The molecule has 15 heteroatoms. The summed E-state index contributed by atoms with van der Waals surface area (Å²) in [5.41, 5.74) is 1.28. The largest absolute Gasteiger partial charge is 0.461 e. The summed E-state index contributed by atoms with van der Waals surface area (Å²) >= 11 is 0. The number of carbonyl (C=O) groups excluding carboxylic acids is 6. The van der Waals surface area contributed by atoms with Gasteiger partial charge in [-0.2, -0.15) is 0 Å². The number of nitrogens with zero attached hydrogens (tertiary/aromatic N) is 1. The van der Waals surface area contributed by atoms with Crippen LogP contribution in [-0.4, -0.2) is 103 Å². The van der Waals surface area contributed by atoms with Gasteiger partial charge in [0, 0.05) is 44.1 Å². The van der Waals surface area contributed by atoms with Gasteiger partial charge in [0.15, 0.2) is 0 Å². The van der Waals surface area contributed by atoms with Crippen molar-refractivity contribution in [3.63, 3.8) is 0 Å². The summed E-state index contributed by atoms with van der Waals surface area (Å²) in [6, 6.07) is 5.06. The number of benzene rings is 1. The molecule has 0 radical (unpaired) electrons. The van der Waals surface area contributed by atoms with Crippen molar-refractivity contribution in [3.05, 3.63) is 42.0 Å². The quantitative estimate of drug-likeness (QED) is 0.0863. The molecule has 15 nitrogen and oxygen atoms in total. The van der Waals surface area contributed by atoms with Crippen LogP contribution >= 0.6 is 0 Å². The number of ether oxygens (including phenoxy) is 3. The van der Waals surface area contributed by atoms with Crippen molar-refractivity contribution in [2.45, 2.75) is 78.3 Å². The van der Waals surface area contributed by atoms with Crippen molar-refractivity contribution in [1.82, 2.24) is 20.9 Å². The molecule has 48 heavy (non-hydrogen) atoms. The van der Waals surface area contributed by atoms with E-state index < -0.39 is 30.1 Å². The average molecular weight is 676 g/mol. The number of esters is 1. The lowest BCUT2D eigenvalue weighted by molar-refractivity contribution is -0.144. The number of carbonyl (C=O) groups is 6. The van der Waals surface area contributed by atoms with E-state index >= 15 is 0 Å². The van der Waals surface area contributed by atoms with Gasteiger partial charge < -0.3 is 45.5 Å². The van der Waals surface area contributed by atoms with Gasteiger partial charge in [-0.3, -0.25) is 28.8 Å². The number of hydrogen-bond donors (Lipinski definition) is 5. The molecule has 1 aromatic rings. The van der Waals surface area contributed by atoms with Crippen LogP contribution < -0.4 is 21.3 Å². The predicted molar refractivity (Wildman–Crippen MR) is 175 cm³/mol. The SMILES string of the molecule is CCC(=O)OCc1ccc(NC(=O)[C@H](C)NC(=O)[C@@H](NC(=O)CCOCCOCCNC(=O)CCCN2C(=O)C=CC2O)C(C)C)cc1. The second-order valence-electron chi connectivity index (χ2n) is 11.5. The maximum absolute atomic E-state index is 12.9. The molecule has 0 aromatic heterocycles. The molecule has 5 amide bonds. The van der Waals surface area contributed by atoms with Crippen LogP contribution in [0.3, 0.4) is 0 Å². The molecule has 0 saturated carbocycles. The van der Waals surface area contributed by atoms with Crippen LogP contribution in [0.15, 0.2) is 36.4 Å². The molecule has 0 saturated heterocycles. The first-order valence-corrected chi connectivity index (χ1v) is 16.2. The fourth-order valence-corrected chi connectivity index (χ4v) is 4.34. The highest BCUT2D eigenvalue weighted by molar-refractivity contribution is 5.98. The average Bonchev–Trinajstić information content (AvgIpc) is 3.37. The third kappa shape index (κ3) is 15.0. The van der Waals surface area contributed by atoms with Crippen LogP contribution in [0, 0.1) is 5.92 Å². The summed E-state index contributed by atoms with van der Waals surface area (Å²) in [5, 5.41) is 20.4. The van der Waals surface area contributed by atoms with E-state index in [2.05, 4.69) is 21.3 Å². The van der Waals surface area contributed by atoms with Gasteiger partial charge in [0.2, 0.25) is 29.5 Å². The Morgan fingerprint density at radius 3 is 2.21 bits per heavy atom. The third-order valence-electron chi connectivity index (χ3n) is 7.16. The normalized spacial score (nSPS) is 15.2. The van der Waals surface area contributed by atoms with Crippen LogP contribution in [0.2, 0.25) is 0 Å². The lowest BCUT2D eigenvalue weighted by atomic mass is 10.0. The highest BCUT2D eigenvalue weighted by Gasteiger charge is 2.27. The van der Waals surface area contributed by atoms with Crippen LogP contribution in [-0.2, 0) is 49.6 Å². The third-order valence-corrected chi connectivity index (χ3v) is 7.16. The van der Waals surface area contributed by atoms with Gasteiger partial charge in [0.05, 0.1) is 26.4 Å². The Hall–Kier alpha value is -4.34. The first-order valence-electron chi connectivity index (χ1n) is 16.2. The van der Waals surface area contributed by atoms with Crippen LogP contribution in [0.4, 0.5) is 5.69 Å². The minimum atomic E-state index is -0.936. The summed E-state index contributed by atoms with van der Waals surface area (Å²) in [6.07, 6.45) is 2.72. The van der Waals surface area contributed by atoms with Gasteiger partial charge in [0.25, 0.3) is 0 Å². The summed E-state index contributed by atoms with van der Waals surface area (Å²) in [6.45, 7) is 8.42. The van der Waals surface area contributed by atoms with Crippen molar-refractivity contribution in [2.24, 2.45) is 5.92 Å². The molecule has 0 spiro atoms. The van der Waals surface area contributed by atoms with Crippen molar-refractivity contribution in [2.75, 3.05) is 44.8 Å². The number of nitrogens with one attached hydrogen (secondary N) is 4. The number of rotatable bonds is 22. The number of aliphatic hydroxyl groups is 1. The van der Waals surface area contributed by atoms with E-state index in [0.717, 1.165) is 5.56 Å². The van der Waals surface area contributed by atoms with E-state index in [0.29, 0.717) is 18.7 Å². The summed E-state index contributed by atoms with van der Waals surface area (Å²) in [5.74, 6) is -2.31. The standard InChI is InChI=1S/C33H49N5O10/c1-5-30(43)48-21-24-8-10-25(11-9-24)36-32(44)23(4)35-33(45)31(22(2)3)37-27(40)14-17-46-19-20-47-18-15-34-26(39)7-6-16-38-28(41)12-13-29(38)42/h8-13,22-23,28,31,41H,5-7,14-21H2,1-4H3,(H,34,39)(H,35,45)(H,36,44)(H,37,40)/t23-,28?,31-/m0/s1. The first kappa shape index (κ1) is 39.8. The van der Waals surface area contributed by atoms with Crippen molar-refractivity contribution in [3.8, 4) is 0 Å². The molecule has 3 atom stereocenters. The van der Waals surface area contributed by atoms with E-state index in [1.807, 2.05) is 0 Å². The van der Waals surface area contributed by atoms with Crippen LogP contribution in [0.5, 0.6) is 0 Å². The Labute approximate surface area is 281 Å². The van der Waals surface area contributed by atoms with Crippen LogP contribution in [0.1, 0.15) is 58.9 Å². The Balaban J connectivity index is 1.57. The highest BCUT2D eigenvalue weighted by Crippen LogP contribution is 2.12. The molecule has 5 N–H and O–H groups in total. The maximum atomic E-state index is 12.9. The zero-order chi connectivity index (χ0) is 35.5. The minimum absolute atomic E-state index is 0.0202. The lowest BCUT2D eigenvalue weighted by Crippen LogP contribution is -2.53. The second kappa shape index (κ2) is 21.5. The summed E-state index contributed by atoms with van der Waals surface area (Å²) in [7, 11) is 0. The van der Waals surface area contributed by atoms with Gasteiger partial charge in [-0.15, -0.1) is 0 Å². The Bertz CT molecular complexity index is 1250. The number of aliphatic hydroxyl groups excluding tert-OH is 1. The number of anilines is 1. The zero-order valence-corrected chi connectivity index (χ0v) is 28.1. The molecule has 0 fully saturated rings. The fraction of sp³-hybridized carbons (Fsp3) is 0.576. The number of amides is 5. The van der Waals surface area contributed by atoms with E-state index in [9.17, 15) is 33.9 Å². The first-order chi connectivity index (χ1) is 22.9. The summed E-state index contributed by atoms with van der Waals surface area (Å²) < 4.78 is 15.9. The molecule has 2 rings (SSSR count). The molecular formula is C33H49N5O10. The molecule has 1 aliphatic rings. The Morgan fingerprint density at radius 1 is 0.896 bits per heavy atom. The summed E-state index contributed by atoms with van der Waals surface area (Å²) in [4.78, 5) is 74.1. The minimum Gasteiger partial charge on any atom is -0.461 e. The molecule has 1 heterocycles. The molecule has 0 bridgehead atoms. The second-order valence-corrected chi connectivity index (χ2v) is 11.5. The maximum Gasteiger partial charge on any atom is 0.305 e. The monoisotopic (exact) mass is 675 g/mol. The van der Waals surface area contributed by atoms with E-state index in [1.54, 1.807) is 52.0 Å².